The standard InChI is InChI=1S/C31H28BrF2N5O5.C2H6/c32-26-27-22(18-36-28(26)43-16-13-39-11-14-42-15-12-39)24(7-10-35-27)44-25-6-5-21(17-23(25)34)38-30(41)31(8-9-31)29(40)37-20-3-1-19(33)2-4-20;1-2/h1-7,10,17-18H,8-9,11-16H2,(H,37,40)(H,38,41);1-2H3. The number of carbonyl (C=O) groups is 2. The monoisotopic (exact) mass is 697 g/mol. The second-order valence-corrected chi connectivity index (χ2v) is 11.3. The van der Waals surface area contributed by atoms with Gasteiger partial charge in [0.25, 0.3) is 0 Å². The average Bonchev–Trinajstić information content (AvgIpc) is 3.89. The Labute approximate surface area is 273 Å². The first-order valence-corrected chi connectivity index (χ1v) is 15.8. The van der Waals surface area contributed by atoms with Gasteiger partial charge in [-0.25, -0.2) is 13.8 Å². The number of rotatable bonds is 10. The molecular weight excluding hydrogens is 664 g/mol. The number of ether oxygens (including phenoxy) is 3. The Morgan fingerprint density at radius 2 is 1.63 bits per heavy atom. The molecule has 3 heterocycles. The number of anilines is 2. The van der Waals surface area contributed by atoms with Crippen LogP contribution in [-0.4, -0.2) is 66.1 Å². The Bertz CT molecular complexity index is 1700. The molecule has 1 aliphatic carbocycles. The number of benzene rings is 2. The summed E-state index contributed by atoms with van der Waals surface area (Å²) in [5.41, 5.74) is -0.191. The highest BCUT2D eigenvalue weighted by Gasteiger charge is 2.56. The summed E-state index contributed by atoms with van der Waals surface area (Å²) < 4.78 is 46.0. The van der Waals surface area contributed by atoms with E-state index in [-0.39, 0.29) is 11.4 Å². The average molecular weight is 699 g/mol. The van der Waals surface area contributed by atoms with Crippen molar-refractivity contribution in [2.45, 2.75) is 26.7 Å². The van der Waals surface area contributed by atoms with Crippen LogP contribution < -0.4 is 20.1 Å². The molecule has 10 nitrogen and oxygen atoms in total. The first kappa shape index (κ1) is 33.2. The minimum absolute atomic E-state index is 0.0763. The van der Waals surface area contributed by atoms with Gasteiger partial charge in [-0.15, -0.1) is 0 Å². The smallest absolute Gasteiger partial charge is 0.240 e. The van der Waals surface area contributed by atoms with E-state index in [2.05, 4.69) is 41.4 Å². The fourth-order valence-electron chi connectivity index (χ4n) is 4.82. The summed E-state index contributed by atoms with van der Waals surface area (Å²) in [5.74, 6) is -1.57. The Morgan fingerprint density at radius 1 is 0.957 bits per heavy atom. The molecule has 2 aromatic heterocycles. The molecule has 46 heavy (non-hydrogen) atoms. The lowest BCUT2D eigenvalue weighted by atomic mass is 10.0. The molecule has 6 rings (SSSR count). The van der Waals surface area contributed by atoms with Crippen LogP contribution in [0.1, 0.15) is 26.7 Å². The van der Waals surface area contributed by atoms with Crippen LogP contribution >= 0.6 is 15.9 Å². The molecule has 0 bridgehead atoms. The number of nitrogens with one attached hydrogen (secondary N) is 2. The largest absolute Gasteiger partial charge is 0.475 e. The third-order valence-corrected chi connectivity index (χ3v) is 8.25. The van der Waals surface area contributed by atoms with Gasteiger partial charge in [0.1, 0.15) is 28.1 Å². The molecule has 0 atom stereocenters. The molecule has 1 aliphatic heterocycles. The van der Waals surface area contributed by atoms with E-state index in [4.69, 9.17) is 14.2 Å². The Hall–Kier alpha value is -4.20. The van der Waals surface area contributed by atoms with E-state index in [1.165, 1.54) is 36.4 Å². The maximum absolute atomic E-state index is 15.2. The summed E-state index contributed by atoms with van der Waals surface area (Å²) in [6.45, 7) is 8.33. The van der Waals surface area contributed by atoms with Gasteiger partial charge in [-0.05, 0) is 71.2 Å². The van der Waals surface area contributed by atoms with Crippen LogP contribution in [0.15, 0.2) is 65.4 Å². The molecule has 242 valence electrons. The number of halogens is 3. The molecule has 2 amide bonds. The summed E-state index contributed by atoms with van der Waals surface area (Å²) in [6, 6.07) is 10.9. The maximum atomic E-state index is 15.2. The number of pyridine rings is 2. The van der Waals surface area contributed by atoms with Gasteiger partial charge in [-0.3, -0.25) is 19.5 Å². The minimum Gasteiger partial charge on any atom is -0.475 e. The predicted octanol–water partition coefficient (Wildman–Crippen LogP) is 6.56. The van der Waals surface area contributed by atoms with E-state index in [0.29, 0.717) is 65.4 Å². The summed E-state index contributed by atoms with van der Waals surface area (Å²) >= 11 is 3.53. The summed E-state index contributed by atoms with van der Waals surface area (Å²) in [7, 11) is 0. The maximum Gasteiger partial charge on any atom is 0.240 e. The van der Waals surface area contributed by atoms with E-state index >= 15 is 4.39 Å². The van der Waals surface area contributed by atoms with Crippen molar-refractivity contribution in [2.75, 3.05) is 50.1 Å². The molecule has 0 spiro atoms. The molecule has 2 fully saturated rings. The highest BCUT2D eigenvalue weighted by molar-refractivity contribution is 9.10. The number of carbonyl (C=O) groups excluding carboxylic acids is 2. The van der Waals surface area contributed by atoms with E-state index < -0.39 is 28.9 Å². The molecular formula is C33H34BrF2N5O5. The van der Waals surface area contributed by atoms with Gasteiger partial charge in [-0.2, -0.15) is 0 Å². The van der Waals surface area contributed by atoms with Gasteiger partial charge in [0, 0.05) is 49.5 Å². The van der Waals surface area contributed by atoms with Crippen LogP contribution in [-0.2, 0) is 14.3 Å². The summed E-state index contributed by atoms with van der Waals surface area (Å²) in [5, 5.41) is 5.81. The molecule has 0 radical (unpaired) electrons. The second kappa shape index (κ2) is 14.9. The number of amides is 2. The fraction of sp³-hybridized carbons (Fsp3) is 0.333. The predicted molar refractivity (Wildman–Crippen MR) is 173 cm³/mol. The topological polar surface area (TPSA) is 115 Å². The Kier molecular flexibility index (Phi) is 10.8. The zero-order valence-corrected chi connectivity index (χ0v) is 27.0. The van der Waals surface area contributed by atoms with Crippen molar-refractivity contribution in [3.05, 3.63) is 77.0 Å². The van der Waals surface area contributed by atoms with Crippen LogP contribution in [0.5, 0.6) is 17.4 Å². The van der Waals surface area contributed by atoms with Crippen LogP contribution in [0, 0.1) is 17.0 Å². The van der Waals surface area contributed by atoms with Gasteiger partial charge < -0.3 is 24.8 Å². The van der Waals surface area contributed by atoms with E-state index in [1.807, 2.05) is 13.8 Å². The van der Waals surface area contributed by atoms with Gasteiger partial charge in [0.2, 0.25) is 17.7 Å². The molecule has 1 saturated heterocycles. The summed E-state index contributed by atoms with van der Waals surface area (Å²) in [4.78, 5) is 36.9. The van der Waals surface area contributed by atoms with Crippen LogP contribution in [0.3, 0.4) is 0 Å². The first-order chi connectivity index (χ1) is 22.3. The quantitative estimate of drug-likeness (QED) is 0.179. The number of nitrogens with zero attached hydrogens (tertiary/aromatic N) is 3. The van der Waals surface area contributed by atoms with Crippen LogP contribution in [0.25, 0.3) is 10.9 Å². The lowest BCUT2D eigenvalue weighted by Crippen LogP contribution is -2.38. The van der Waals surface area contributed by atoms with Crippen molar-refractivity contribution in [3.63, 3.8) is 0 Å². The summed E-state index contributed by atoms with van der Waals surface area (Å²) in [6.07, 6.45) is 3.79. The van der Waals surface area contributed by atoms with E-state index in [9.17, 15) is 14.0 Å². The lowest BCUT2D eigenvalue weighted by Gasteiger charge is -2.26. The van der Waals surface area contributed by atoms with Gasteiger partial charge in [0.05, 0.1) is 24.1 Å². The second-order valence-electron chi connectivity index (χ2n) is 10.5. The number of hydrogen-bond acceptors (Lipinski definition) is 8. The van der Waals surface area contributed by atoms with E-state index in [0.717, 1.165) is 25.7 Å². The number of morpholine rings is 1. The van der Waals surface area contributed by atoms with Gasteiger partial charge in [-0.1, -0.05) is 13.8 Å². The zero-order valence-electron chi connectivity index (χ0n) is 25.4. The molecule has 2 N–H and O–H groups in total. The Balaban J connectivity index is 0.00000204. The van der Waals surface area contributed by atoms with Crippen molar-refractivity contribution in [3.8, 4) is 17.4 Å². The van der Waals surface area contributed by atoms with Crippen molar-refractivity contribution in [1.29, 1.82) is 0 Å². The normalized spacial score (nSPS) is 15.3. The molecule has 1 saturated carbocycles. The number of fused-ring (bicyclic) bond motifs is 1. The molecule has 4 aromatic rings. The number of aromatic nitrogens is 2. The lowest BCUT2D eigenvalue weighted by molar-refractivity contribution is -0.131. The number of hydrogen-bond donors (Lipinski definition) is 2. The van der Waals surface area contributed by atoms with Crippen LogP contribution in [0.4, 0.5) is 20.2 Å². The van der Waals surface area contributed by atoms with Crippen molar-refractivity contribution < 1.29 is 32.6 Å². The third-order valence-electron chi connectivity index (χ3n) is 7.54. The van der Waals surface area contributed by atoms with Gasteiger partial charge >= 0.3 is 0 Å². The molecule has 0 unspecified atom stereocenters. The Morgan fingerprint density at radius 3 is 2.30 bits per heavy atom. The third kappa shape index (κ3) is 7.60. The highest BCUT2D eigenvalue weighted by atomic mass is 79.9. The van der Waals surface area contributed by atoms with Gasteiger partial charge in [0.15, 0.2) is 11.6 Å². The van der Waals surface area contributed by atoms with E-state index in [1.54, 1.807) is 18.5 Å². The molecule has 2 aromatic carbocycles. The van der Waals surface area contributed by atoms with Crippen molar-refractivity contribution >= 4 is 50.0 Å². The fourth-order valence-corrected chi connectivity index (χ4v) is 5.35. The van der Waals surface area contributed by atoms with Crippen LogP contribution in [0.2, 0.25) is 0 Å². The van der Waals surface area contributed by atoms with Crippen molar-refractivity contribution in [1.82, 2.24) is 14.9 Å². The minimum atomic E-state index is -1.28. The molecule has 2 aliphatic rings. The first-order valence-electron chi connectivity index (χ1n) is 15.0. The SMILES string of the molecule is CC.O=C(Nc1ccc(F)cc1)C1(C(=O)Nc2ccc(Oc3ccnc4c(Br)c(OCCN5CCOCC5)ncc34)c(F)c2)CC1. The highest BCUT2D eigenvalue weighted by Crippen LogP contribution is 2.47. The molecule has 13 heteroatoms. The van der Waals surface area contributed by atoms with Crippen molar-refractivity contribution in [2.24, 2.45) is 5.41 Å². The zero-order chi connectivity index (χ0) is 32.7.